The summed E-state index contributed by atoms with van der Waals surface area (Å²) in [5, 5.41) is 13.5. The molecule has 0 saturated carbocycles. The van der Waals surface area contributed by atoms with E-state index in [-0.39, 0.29) is 22.5 Å². The van der Waals surface area contributed by atoms with Crippen LogP contribution in [0.1, 0.15) is 5.56 Å². The summed E-state index contributed by atoms with van der Waals surface area (Å²) in [6.45, 7) is 1.82. The number of nitro benzene ring substituents is 1. The number of hydrogen-bond donors (Lipinski definition) is 1. The molecule has 0 aliphatic rings. The van der Waals surface area contributed by atoms with Crippen LogP contribution in [-0.4, -0.2) is 31.0 Å². The number of non-ortho nitro benzene ring substituents is 1. The van der Waals surface area contributed by atoms with E-state index in [9.17, 15) is 19.7 Å². The molecule has 0 atom stereocenters. The third-order valence-electron chi connectivity index (χ3n) is 3.43. The lowest BCUT2D eigenvalue weighted by atomic mass is 10.3. The Hall–Kier alpha value is -3.27. The second-order valence-corrected chi connectivity index (χ2v) is 6.26. The predicted octanol–water partition coefficient (Wildman–Crippen LogP) is 2.04. The van der Waals surface area contributed by atoms with E-state index >= 15 is 0 Å². The highest BCUT2D eigenvalue weighted by Gasteiger charge is 2.11. The van der Waals surface area contributed by atoms with Crippen LogP contribution >= 0.6 is 11.8 Å². The fourth-order valence-electron chi connectivity index (χ4n) is 2.25. The van der Waals surface area contributed by atoms with E-state index in [4.69, 9.17) is 0 Å². The Morgan fingerprint density at radius 2 is 2.12 bits per heavy atom. The number of pyridine rings is 1. The van der Waals surface area contributed by atoms with Crippen LogP contribution in [0.3, 0.4) is 0 Å². The van der Waals surface area contributed by atoms with E-state index in [1.807, 2.05) is 13.0 Å². The minimum Gasteiger partial charge on any atom is -0.325 e. The molecule has 3 rings (SSSR count). The molecule has 2 aromatic heterocycles. The van der Waals surface area contributed by atoms with Crippen molar-refractivity contribution in [1.82, 2.24) is 14.4 Å². The molecule has 0 aliphatic heterocycles. The Labute approximate surface area is 151 Å². The van der Waals surface area contributed by atoms with Gasteiger partial charge >= 0.3 is 5.69 Å². The summed E-state index contributed by atoms with van der Waals surface area (Å²) in [6, 6.07) is 9.19. The average Bonchev–Trinajstić information content (AvgIpc) is 2.61. The van der Waals surface area contributed by atoms with Gasteiger partial charge in [-0.25, -0.2) is 9.78 Å². The number of anilines is 1. The molecule has 2 heterocycles. The number of thioether (sulfide) groups is 1. The fourth-order valence-corrected chi connectivity index (χ4v) is 2.87. The van der Waals surface area contributed by atoms with E-state index in [1.165, 1.54) is 22.6 Å². The highest BCUT2D eigenvalue weighted by atomic mass is 32.2. The van der Waals surface area contributed by atoms with Crippen molar-refractivity contribution in [3.8, 4) is 0 Å². The second-order valence-electron chi connectivity index (χ2n) is 5.32. The molecule has 9 nitrogen and oxygen atoms in total. The Morgan fingerprint density at radius 3 is 2.88 bits per heavy atom. The van der Waals surface area contributed by atoms with Crippen LogP contribution in [0.4, 0.5) is 11.4 Å². The Balaban J connectivity index is 1.71. The number of fused-ring (bicyclic) bond motifs is 1. The SMILES string of the molecule is Cc1cccn2c(=O)nc(SCC(=O)Nc3cccc([N+](=O)[O-])c3)nc12. The number of nitro groups is 1. The van der Waals surface area contributed by atoms with Crippen LogP contribution in [0.2, 0.25) is 0 Å². The topological polar surface area (TPSA) is 120 Å². The first-order valence-corrected chi connectivity index (χ1v) is 8.46. The number of aromatic nitrogens is 3. The van der Waals surface area contributed by atoms with Gasteiger partial charge in [0, 0.05) is 24.0 Å². The standard InChI is InChI=1S/C16H13N5O4S/c1-10-4-3-7-20-14(10)18-15(19-16(20)23)26-9-13(22)17-11-5-2-6-12(8-11)21(24)25/h2-8H,9H2,1H3,(H,17,22). The lowest BCUT2D eigenvalue weighted by Crippen LogP contribution is -2.20. The largest absolute Gasteiger partial charge is 0.355 e. The summed E-state index contributed by atoms with van der Waals surface area (Å²) in [5.74, 6) is -0.423. The average molecular weight is 371 g/mol. The third-order valence-corrected chi connectivity index (χ3v) is 4.28. The summed E-state index contributed by atoms with van der Waals surface area (Å²) in [7, 11) is 0. The number of aryl methyl sites for hydroxylation is 1. The van der Waals surface area contributed by atoms with Gasteiger partial charge in [-0.05, 0) is 24.6 Å². The minimum absolute atomic E-state index is 0.0375. The van der Waals surface area contributed by atoms with Crippen LogP contribution in [0.25, 0.3) is 5.65 Å². The van der Waals surface area contributed by atoms with Gasteiger partial charge in [-0.3, -0.25) is 19.3 Å². The smallest absolute Gasteiger partial charge is 0.325 e. The van der Waals surface area contributed by atoms with Gasteiger partial charge in [0.25, 0.3) is 5.69 Å². The number of rotatable bonds is 5. The summed E-state index contributed by atoms with van der Waals surface area (Å²) in [6.07, 6.45) is 1.58. The van der Waals surface area contributed by atoms with Crippen molar-refractivity contribution in [1.29, 1.82) is 0 Å². The van der Waals surface area contributed by atoms with Gasteiger partial charge in [0.05, 0.1) is 10.7 Å². The Bertz CT molecular complexity index is 1070. The maximum Gasteiger partial charge on any atom is 0.355 e. The van der Waals surface area contributed by atoms with Crippen molar-refractivity contribution >= 4 is 34.7 Å². The maximum atomic E-state index is 12.0. The predicted molar refractivity (Wildman–Crippen MR) is 96.4 cm³/mol. The zero-order chi connectivity index (χ0) is 18.7. The Kier molecular flexibility index (Phi) is 4.94. The number of amides is 1. The van der Waals surface area contributed by atoms with Crippen LogP contribution < -0.4 is 11.0 Å². The molecule has 26 heavy (non-hydrogen) atoms. The van der Waals surface area contributed by atoms with E-state index in [1.54, 1.807) is 18.3 Å². The van der Waals surface area contributed by atoms with Crippen LogP contribution in [0.5, 0.6) is 0 Å². The number of nitrogens with one attached hydrogen (secondary N) is 1. The van der Waals surface area contributed by atoms with Gasteiger partial charge in [-0.2, -0.15) is 4.98 Å². The zero-order valence-corrected chi connectivity index (χ0v) is 14.4. The van der Waals surface area contributed by atoms with Crippen molar-refractivity contribution in [2.24, 2.45) is 0 Å². The molecular weight excluding hydrogens is 358 g/mol. The molecule has 0 spiro atoms. The molecule has 3 aromatic rings. The highest BCUT2D eigenvalue weighted by Crippen LogP contribution is 2.18. The molecule has 0 bridgehead atoms. The van der Waals surface area contributed by atoms with Crippen molar-refractivity contribution in [2.75, 3.05) is 11.1 Å². The van der Waals surface area contributed by atoms with E-state index < -0.39 is 10.6 Å². The number of hydrogen-bond acceptors (Lipinski definition) is 7. The monoisotopic (exact) mass is 371 g/mol. The molecule has 10 heteroatoms. The van der Waals surface area contributed by atoms with Gasteiger partial charge in [-0.15, -0.1) is 0 Å². The van der Waals surface area contributed by atoms with Crippen molar-refractivity contribution in [3.63, 3.8) is 0 Å². The quantitative estimate of drug-likeness (QED) is 0.414. The number of carbonyl (C=O) groups excluding carboxylic acids is 1. The number of nitrogens with zero attached hydrogens (tertiary/aromatic N) is 4. The molecule has 0 fully saturated rings. The molecule has 1 amide bonds. The van der Waals surface area contributed by atoms with Crippen molar-refractivity contribution in [2.45, 2.75) is 12.1 Å². The minimum atomic E-state index is -0.539. The number of carbonyl (C=O) groups is 1. The van der Waals surface area contributed by atoms with Gasteiger partial charge in [-0.1, -0.05) is 23.9 Å². The fraction of sp³-hybridized carbons (Fsp3) is 0.125. The molecule has 0 aliphatic carbocycles. The lowest BCUT2D eigenvalue weighted by Gasteiger charge is -2.06. The first-order valence-electron chi connectivity index (χ1n) is 7.47. The lowest BCUT2D eigenvalue weighted by molar-refractivity contribution is -0.384. The summed E-state index contributed by atoms with van der Waals surface area (Å²) in [5.41, 5.74) is 1.03. The molecule has 0 saturated heterocycles. The van der Waals surface area contributed by atoms with Crippen LogP contribution in [-0.2, 0) is 4.79 Å². The Morgan fingerprint density at radius 1 is 1.31 bits per heavy atom. The van der Waals surface area contributed by atoms with E-state index in [0.29, 0.717) is 11.3 Å². The summed E-state index contributed by atoms with van der Waals surface area (Å²) in [4.78, 5) is 42.4. The van der Waals surface area contributed by atoms with Gasteiger partial charge in [0.1, 0.15) is 5.65 Å². The van der Waals surface area contributed by atoms with Crippen LogP contribution in [0, 0.1) is 17.0 Å². The summed E-state index contributed by atoms with van der Waals surface area (Å²) >= 11 is 1.01. The van der Waals surface area contributed by atoms with Crippen molar-refractivity contribution < 1.29 is 9.72 Å². The highest BCUT2D eigenvalue weighted by molar-refractivity contribution is 7.99. The van der Waals surface area contributed by atoms with Gasteiger partial charge in [0.15, 0.2) is 5.16 Å². The summed E-state index contributed by atoms with van der Waals surface area (Å²) < 4.78 is 1.34. The molecule has 1 N–H and O–H groups in total. The van der Waals surface area contributed by atoms with E-state index in [0.717, 1.165) is 17.3 Å². The van der Waals surface area contributed by atoms with Crippen molar-refractivity contribution in [3.05, 3.63) is 68.8 Å². The van der Waals surface area contributed by atoms with Crippen LogP contribution in [0.15, 0.2) is 52.5 Å². The maximum absolute atomic E-state index is 12.0. The molecular formula is C16H13N5O4S. The third kappa shape index (κ3) is 3.86. The van der Waals surface area contributed by atoms with Gasteiger partial charge < -0.3 is 5.32 Å². The first kappa shape index (κ1) is 17.5. The van der Waals surface area contributed by atoms with Gasteiger partial charge in [0.2, 0.25) is 5.91 Å². The molecule has 1 aromatic carbocycles. The van der Waals surface area contributed by atoms with E-state index in [2.05, 4.69) is 15.3 Å². The first-order chi connectivity index (χ1) is 12.4. The molecule has 0 radical (unpaired) electrons. The normalized spacial score (nSPS) is 10.7. The second kappa shape index (κ2) is 7.31. The number of benzene rings is 1. The molecule has 0 unspecified atom stereocenters. The zero-order valence-electron chi connectivity index (χ0n) is 13.6. The molecule has 132 valence electrons.